The highest BCUT2D eigenvalue weighted by molar-refractivity contribution is 5.95. The predicted octanol–water partition coefficient (Wildman–Crippen LogP) is 2.11. The van der Waals surface area contributed by atoms with Gasteiger partial charge in [0.1, 0.15) is 11.4 Å². The zero-order valence-corrected chi connectivity index (χ0v) is 12.0. The van der Waals surface area contributed by atoms with Gasteiger partial charge in [-0.05, 0) is 48.4 Å². The number of hydrogen-bond acceptors (Lipinski definition) is 5. The third-order valence-corrected chi connectivity index (χ3v) is 3.09. The Morgan fingerprint density at radius 1 is 1.38 bits per heavy atom. The van der Waals surface area contributed by atoms with Gasteiger partial charge in [-0.2, -0.15) is 0 Å². The Kier molecular flexibility index (Phi) is 4.61. The number of aromatic nitrogens is 1. The zero-order valence-electron chi connectivity index (χ0n) is 12.0. The molecule has 0 aliphatic heterocycles. The number of anilines is 1. The first-order valence-electron chi connectivity index (χ1n) is 6.45. The fourth-order valence-electron chi connectivity index (χ4n) is 1.97. The number of benzene rings is 1. The average Bonchev–Trinajstić information content (AvgIpc) is 2.52. The van der Waals surface area contributed by atoms with Crippen molar-refractivity contribution in [3.05, 3.63) is 53.3 Å². The molecule has 0 unspecified atom stereocenters. The van der Waals surface area contributed by atoms with Gasteiger partial charge in [-0.25, -0.2) is 0 Å². The van der Waals surface area contributed by atoms with Crippen molar-refractivity contribution in [3.8, 4) is 5.75 Å². The summed E-state index contributed by atoms with van der Waals surface area (Å²) in [5, 5.41) is 14.9. The fraction of sp³-hybridized carbons (Fsp3) is 0.200. The van der Waals surface area contributed by atoms with Gasteiger partial charge < -0.3 is 21.0 Å². The van der Waals surface area contributed by atoms with E-state index in [4.69, 9.17) is 15.7 Å². The quantitative estimate of drug-likeness (QED) is 0.339. The van der Waals surface area contributed by atoms with Crippen LogP contribution >= 0.6 is 0 Å². The monoisotopic (exact) mass is 286 g/mol. The van der Waals surface area contributed by atoms with Gasteiger partial charge in [0.2, 0.25) is 0 Å². The number of pyridine rings is 1. The lowest BCUT2D eigenvalue weighted by molar-refractivity contribution is 0.318. The SMILES string of the molecule is COc1ccc(NCc2ccnc(C(N)=NO)c2)cc1C. The van der Waals surface area contributed by atoms with Crippen molar-refractivity contribution in [2.24, 2.45) is 10.9 Å². The van der Waals surface area contributed by atoms with Crippen molar-refractivity contribution in [1.29, 1.82) is 0 Å². The van der Waals surface area contributed by atoms with E-state index < -0.39 is 0 Å². The van der Waals surface area contributed by atoms with Crippen molar-refractivity contribution in [1.82, 2.24) is 4.98 Å². The smallest absolute Gasteiger partial charge is 0.188 e. The van der Waals surface area contributed by atoms with Crippen LogP contribution in [0.25, 0.3) is 0 Å². The van der Waals surface area contributed by atoms with Crippen molar-refractivity contribution in [2.45, 2.75) is 13.5 Å². The van der Waals surface area contributed by atoms with E-state index >= 15 is 0 Å². The molecule has 0 aliphatic carbocycles. The lowest BCUT2D eigenvalue weighted by Gasteiger charge is -2.10. The molecular weight excluding hydrogens is 268 g/mol. The molecule has 0 aliphatic rings. The number of amidine groups is 1. The number of hydrogen-bond donors (Lipinski definition) is 3. The first-order valence-corrected chi connectivity index (χ1v) is 6.45. The van der Waals surface area contributed by atoms with E-state index in [1.807, 2.05) is 31.2 Å². The van der Waals surface area contributed by atoms with E-state index in [-0.39, 0.29) is 5.84 Å². The Bertz CT molecular complexity index is 656. The fourth-order valence-corrected chi connectivity index (χ4v) is 1.97. The summed E-state index contributed by atoms with van der Waals surface area (Å²) in [5.41, 5.74) is 9.02. The van der Waals surface area contributed by atoms with E-state index in [1.54, 1.807) is 19.4 Å². The summed E-state index contributed by atoms with van der Waals surface area (Å²) < 4.78 is 5.23. The highest BCUT2D eigenvalue weighted by atomic mass is 16.5. The number of oxime groups is 1. The number of ether oxygens (including phenoxy) is 1. The first kappa shape index (κ1) is 14.6. The molecule has 0 atom stereocenters. The van der Waals surface area contributed by atoms with E-state index in [1.165, 1.54) is 0 Å². The maximum atomic E-state index is 8.66. The Morgan fingerprint density at radius 2 is 2.19 bits per heavy atom. The second-order valence-corrected chi connectivity index (χ2v) is 4.57. The minimum atomic E-state index is -0.00265. The predicted molar refractivity (Wildman–Crippen MR) is 81.8 cm³/mol. The highest BCUT2D eigenvalue weighted by Crippen LogP contribution is 2.21. The molecule has 0 fully saturated rings. The number of rotatable bonds is 5. The first-order chi connectivity index (χ1) is 10.1. The second kappa shape index (κ2) is 6.60. The minimum Gasteiger partial charge on any atom is -0.496 e. The van der Waals surface area contributed by atoms with Gasteiger partial charge >= 0.3 is 0 Å². The molecule has 0 spiro atoms. The molecule has 0 saturated heterocycles. The molecule has 1 aromatic carbocycles. The summed E-state index contributed by atoms with van der Waals surface area (Å²) in [4.78, 5) is 4.04. The van der Waals surface area contributed by atoms with Crippen molar-refractivity contribution < 1.29 is 9.94 Å². The third kappa shape index (κ3) is 3.62. The Labute approximate surface area is 123 Å². The maximum absolute atomic E-state index is 8.66. The van der Waals surface area contributed by atoms with Crippen LogP contribution in [0.2, 0.25) is 0 Å². The Balaban J connectivity index is 2.08. The minimum absolute atomic E-state index is 0.00265. The van der Waals surface area contributed by atoms with Gasteiger partial charge in [-0.15, -0.1) is 0 Å². The molecule has 4 N–H and O–H groups in total. The summed E-state index contributed by atoms with van der Waals surface area (Å²) in [6.07, 6.45) is 1.63. The van der Waals surface area contributed by atoms with Crippen molar-refractivity contribution in [2.75, 3.05) is 12.4 Å². The summed E-state index contributed by atoms with van der Waals surface area (Å²) >= 11 is 0. The van der Waals surface area contributed by atoms with Gasteiger partial charge in [0.25, 0.3) is 0 Å². The van der Waals surface area contributed by atoms with Crippen LogP contribution in [-0.4, -0.2) is 23.1 Å². The summed E-state index contributed by atoms with van der Waals surface area (Å²) in [6.45, 7) is 2.60. The van der Waals surface area contributed by atoms with Gasteiger partial charge in [0, 0.05) is 18.4 Å². The second-order valence-electron chi connectivity index (χ2n) is 4.57. The van der Waals surface area contributed by atoms with Crippen molar-refractivity contribution in [3.63, 3.8) is 0 Å². The van der Waals surface area contributed by atoms with Gasteiger partial charge in [0.05, 0.1) is 7.11 Å². The van der Waals surface area contributed by atoms with E-state index in [2.05, 4.69) is 15.5 Å². The van der Waals surface area contributed by atoms with Gasteiger partial charge in [-0.3, -0.25) is 4.98 Å². The van der Waals surface area contributed by atoms with Crippen LogP contribution in [0.3, 0.4) is 0 Å². The molecule has 0 bridgehead atoms. The Hall–Kier alpha value is -2.76. The molecule has 1 heterocycles. The molecule has 0 saturated carbocycles. The topological polar surface area (TPSA) is 92.8 Å². The van der Waals surface area contributed by atoms with Gasteiger partial charge in [0.15, 0.2) is 5.84 Å². The molecule has 6 heteroatoms. The third-order valence-electron chi connectivity index (χ3n) is 3.09. The molecule has 6 nitrogen and oxygen atoms in total. The molecule has 0 radical (unpaired) electrons. The maximum Gasteiger partial charge on any atom is 0.188 e. The molecule has 0 amide bonds. The molecule has 2 aromatic rings. The molecule has 110 valence electrons. The number of nitrogens with zero attached hydrogens (tertiary/aromatic N) is 2. The highest BCUT2D eigenvalue weighted by Gasteiger charge is 2.03. The average molecular weight is 286 g/mol. The number of nitrogens with two attached hydrogens (primary N) is 1. The van der Waals surface area contributed by atoms with E-state index in [0.717, 1.165) is 22.6 Å². The van der Waals surface area contributed by atoms with Crippen LogP contribution in [0.5, 0.6) is 5.75 Å². The summed E-state index contributed by atoms with van der Waals surface area (Å²) in [7, 11) is 1.65. The van der Waals surface area contributed by atoms with E-state index in [9.17, 15) is 0 Å². The molecule has 2 rings (SSSR count). The van der Waals surface area contributed by atoms with Crippen LogP contribution in [0.4, 0.5) is 5.69 Å². The normalized spacial score (nSPS) is 11.2. The van der Waals surface area contributed by atoms with Crippen LogP contribution in [-0.2, 0) is 6.54 Å². The molecular formula is C15H18N4O2. The van der Waals surface area contributed by atoms with Crippen LogP contribution < -0.4 is 15.8 Å². The largest absolute Gasteiger partial charge is 0.496 e. The molecule has 1 aromatic heterocycles. The number of aryl methyl sites for hydroxylation is 1. The van der Waals surface area contributed by atoms with Gasteiger partial charge in [-0.1, -0.05) is 5.16 Å². The van der Waals surface area contributed by atoms with E-state index in [0.29, 0.717) is 12.2 Å². The number of nitrogens with one attached hydrogen (secondary N) is 1. The summed E-state index contributed by atoms with van der Waals surface area (Å²) in [5.74, 6) is 0.857. The number of methoxy groups -OCH3 is 1. The Morgan fingerprint density at radius 3 is 2.86 bits per heavy atom. The molecule has 21 heavy (non-hydrogen) atoms. The van der Waals surface area contributed by atoms with Crippen LogP contribution in [0.15, 0.2) is 41.7 Å². The van der Waals surface area contributed by atoms with Crippen LogP contribution in [0, 0.1) is 6.92 Å². The standard InChI is InChI=1S/C15H18N4O2/c1-10-7-12(3-4-14(10)21-2)18-9-11-5-6-17-13(8-11)15(16)19-20/h3-8,18,20H,9H2,1-2H3,(H2,16,19). The lowest BCUT2D eigenvalue weighted by Crippen LogP contribution is -2.15. The van der Waals surface area contributed by atoms with Crippen LogP contribution in [0.1, 0.15) is 16.8 Å². The summed E-state index contributed by atoms with van der Waals surface area (Å²) in [6, 6.07) is 9.55. The zero-order chi connectivity index (χ0) is 15.2. The van der Waals surface area contributed by atoms with Crippen molar-refractivity contribution >= 4 is 11.5 Å². The lowest BCUT2D eigenvalue weighted by atomic mass is 10.2.